The lowest BCUT2D eigenvalue weighted by molar-refractivity contribution is -0.123. The average Bonchev–Trinajstić information content (AvgIpc) is 3.72. The molecule has 2 aromatic heterocycles. The number of aromatic amines is 2. The van der Waals surface area contributed by atoms with Crippen LogP contribution in [-0.2, 0) is 36.7 Å². The fourth-order valence-electron chi connectivity index (χ4n) is 6.66. The summed E-state index contributed by atoms with van der Waals surface area (Å²) in [5.74, 6) is 0. The van der Waals surface area contributed by atoms with E-state index in [4.69, 9.17) is 45.2 Å². The average molecular weight is 826 g/mol. The van der Waals surface area contributed by atoms with Crippen molar-refractivity contribution < 1.29 is 36.7 Å². The van der Waals surface area contributed by atoms with Gasteiger partial charge in [-0.15, -0.1) is 0 Å². The van der Waals surface area contributed by atoms with Gasteiger partial charge in [0.15, 0.2) is 0 Å². The molecule has 2 N–H and O–H groups in total. The van der Waals surface area contributed by atoms with Crippen molar-refractivity contribution in [2.75, 3.05) is 26.3 Å². The molecule has 0 saturated carbocycles. The highest BCUT2D eigenvalue weighted by molar-refractivity contribution is 7.48. The monoisotopic (exact) mass is 825 g/mol. The van der Waals surface area contributed by atoms with Gasteiger partial charge in [-0.2, -0.15) is 0 Å². The third-order valence-electron chi connectivity index (χ3n) is 9.20. The smallest absolute Gasteiger partial charge is 0.352 e. The van der Waals surface area contributed by atoms with E-state index in [9.17, 15) is 23.7 Å². The van der Waals surface area contributed by atoms with Crippen molar-refractivity contribution in [1.29, 1.82) is 0 Å². The lowest BCUT2D eigenvalue weighted by atomic mass is 9.97. The summed E-state index contributed by atoms with van der Waals surface area (Å²) in [6, 6.07) is -0.0765. The Bertz CT molecular complexity index is 2030. The molecule has 2 aliphatic heterocycles. The van der Waals surface area contributed by atoms with Crippen molar-refractivity contribution in [3.05, 3.63) is 88.0 Å². The highest BCUT2D eigenvalue weighted by atomic mass is 31.2. The van der Waals surface area contributed by atoms with Gasteiger partial charge in [0.1, 0.15) is 37.4 Å². The Morgan fingerprint density at radius 2 is 1.43 bits per heavy atom. The Hall–Kier alpha value is -3.32. The van der Waals surface area contributed by atoms with Crippen LogP contribution in [0.15, 0.2) is 31.6 Å². The van der Waals surface area contributed by atoms with Gasteiger partial charge in [0.25, 0.3) is 19.6 Å². The molecule has 19 nitrogen and oxygen atoms in total. The van der Waals surface area contributed by atoms with Gasteiger partial charge >= 0.3 is 19.2 Å². The van der Waals surface area contributed by atoms with Crippen molar-refractivity contribution >= 4 is 16.3 Å². The molecule has 4 unspecified atom stereocenters. The molecule has 0 radical (unpaired) electrons. The molecule has 2 aliphatic rings. The molecule has 8 atom stereocenters. The van der Waals surface area contributed by atoms with Gasteiger partial charge in [0, 0.05) is 48.4 Å². The van der Waals surface area contributed by atoms with Crippen LogP contribution in [0.3, 0.4) is 0 Å². The number of aryl methyl sites for hydroxylation is 2. The van der Waals surface area contributed by atoms with Crippen LogP contribution >= 0.6 is 16.3 Å². The van der Waals surface area contributed by atoms with E-state index in [0.29, 0.717) is 12.0 Å². The Morgan fingerprint density at radius 3 is 1.95 bits per heavy atom. The van der Waals surface area contributed by atoms with Crippen molar-refractivity contribution in [2.24, 2.45) is 0 Å². The van der Waals surface area contributed by atoms with Gasteiger partial charge in [0.05, 0.1) is 18.3 Å². The fourth-order valence-corrected chi connectivity index (χ4v) is 10.1. The summed E-state index contributed by atoms with van der Waals surface area (Å²) in [7, 11) is -6.44. The number of H-pyrrole nitrogens is 2. The van der Waals surface area contributed by atoms with Gasteiger partial charge in [0.2, 0.25) is 13.1 Å². The lowest BCUT2D eigenvalue weighted by Crippen LogP contribution is -2.46. The third-order valence-corrected chi connectivity index (χ3v) is 13.1. The lowest BCUT2D eigenvalue weighted by Gasteiger charge is -2.40. The minimum Gasteiger partial charge on any atom is -0.352 e. The Labute approximate surface area is 326 Å². The summed E-state index contributed by atoms with van der Waals surface area (Å²) >= 11 is 0. The van der Waals surface area contributed by atoms with Gasteiger partial charge < -0.3 is 28.2 Å². The van der Waals surface area contributed by atoms with Gasteiger partial charge in [-0.25, -0.2) is 32.0 Å². The molecule has 2 saturated heterocycles. The molecule has 0 amide bonds. The first-order valence-corrected chi connectivity index (χ1v) is 21.1. The molecule has 0 bridgehead atoms. The van der Waals surface area contributed by atoms with E-state index in [1.807, 2.05) is 39.3 Å². The van der Waals surface area contributed by atoms with Crippen molar-refractivity contribution in [3.8, 4) is 0 Å². The SMILES string of the molecule is [C-]#[N+]CCOP(OC1C[C@H](n2cc(C)c(=O)[nH]c2=O)O[C@@H]1C(C)(C)OP(=O)(OCC[N+]#[C-])OC1C[C@H](n2cc(C)c(=O)[nH]c2=O)O[C@@H]1CC)N(C(C)C)C(C)C. The number of hydrogen-bond donors (Lipinski definition) is 2. The van der Waals surface area contributed by atoms with E-state index in [1.54, 1.807) is 27.7 Å². The zero-order valence-electron chi connectivity index (χ0n) is 33.3. The van der Waals surface area contributed by atoms with E-state index in [0.717, 1.165) is 0 Å². The topological polar surface area (TPSA) is 203 Å². The number of hydrogen-bond acceptors (Lipinski definition) is 13. The maximum atomic E-state index is 14.8. The zero-order chi connectivity index (χ0) is 41.5. The molecule has 2 aromatic rings. The van der Waals surface area contributed by atoms with E-state index in [-0.39, 0.29) is 56.8 Å². The van der Waals surface area contributed by atoms with Crippen LogP contribution in [0.1, 0.15) is 91.3 Å². The first-order chi connectivity index (χ1) is 26.3. The minimum absolute atomic E-state index is 0.0383. The van der Waals surface area contributed by atoms with Gasteiger partial charge in [-0.1, -0.05) is 6.92 Å². The highest BCUT2D eigenvalue weighted by Gasteiger charge is 2.53. The largest absolute Gasteiger partial charge is 0.476 e. The predicted molar refractivity (Wildman–Crippen MR) is 206 cm³/mol. The van der Waals surface area contributed by atoms with E-state index in [1.165, 1.54) is 21.5 Å². The zero-order valence-corrected chi connectivity index (χ0v) is 35.0. The third kappa shape index (κ3) is 11.0. The standard InChI is InChI=1S/C35H53N7O12P2/c1-12-25-26(17-28(50-25)40-19-23(6)31(43)38-33(40)45)53-56(47,49-16-14-37-11)54-35(8,9)30-27(18-29(51-30)41-20-24(7)32(44)39-34(41)46)52-55(48-15-13-36-10)42(21(2)3)22(4)5/h19-22,25-30H,12-18H2,1-9H3,(H,38,43,45)(H,39,44,46)/t25-,26?,27?,28-,29-,30+,55?,56?/m1/s1. The fraction of sp³-hybridized carbons (Fsp3) is 0.714. The van der Waals surface area contributed by atoms with E-state index < -0.39 is 81.3 Å². The number of phosphoric acid groups is 1. The molecule has 4 rings (SSSR count). The Morgan fingerprint density at radius 1 is 0.911 bits per heavy atom. The van der Waals surface area contributed by atoms with Gasteiger partial charge in [-0.3, -0.25) is 42.3 Å². The van der Waals surface area contributed by atoms with E-state index in [2.05, 4.69) is 19.7 Å². The number of ether oxygens (including phenoxy) is 2. The molecule has 21 heteroatoms. The highest BCUT2D eigenvalue weighted by Crippen LogP contribution is 2.58. The van der Waals surface area contributed by atoms with Crippen LogP contribution in [0.2, 0.25) is 0 Å². The van der Waals surface area contributed by atoms with Crippen LogP contribution in [0.5, 0.6) is 0 Å². The maximum absolute atomic E-state index is 14.8. The summed E-state index contributed by atoms with van der Waals surface area (Å²) < 4.78 is 63.1. The summed E-state index contributed by atoms with van der Waals surface area (Å²) in [5.41, 5.74) is -3.46. The Kier molecular flexibility index (Phi) is 15.7. The van der Waals surface area contributed by atoms with Crippen molar-refractivity contribution in [1.82, 2.24) is 23.8 Å². The molecule has 2 fully saturated rings. The second-order valence-electron chi connectivity index (χ2n) is 14.6. The Balaban J connectivity index is 1.72. The molecule has 0 aromatic carbocycles. The molecule has 0 aliphatic carbocycles. The second kappa shape index (κ2) is 19.4. The van der Waals surface area contributed by atoms with Gasteiger partial charge in [-0.05, 0) is 61.8 Å². The summed E-state index contributed by atoms with van der Waals surface area (Å²) in [4.78, 5) is 61.4. The van der Waals surface area contributed by atoms with Crippen LogP contribution < -0.4 is 22.5 Å². The molecular formula is C35H53N7O12P2. The summed E-state index contributed by atoms with van der Waals surface area (Å²) in [6.45, 7) is 30.4. The first kappa shape index (κ1) is 45.4. The number of aromatic nitrogens is 4. The predicted octanol–water partition coefficient (Wildman–Crippen LogP) is 4.58. The quantitative estimate of drug-likeness (QED) is 0.113. The molecule has 56 heavy (non-hydrogen) atoms. The summed E-state index contributed by atoms with van der Waals surface area (Å²) in [5, 5.41) is 0. The second-order valence-corrected chi connectivity index (χ2v) is 17.6. The normalized spacial score (nSPS) is 24.4. The van der Waals surface area contributed by atoms with Crippen LogP contribution in [-0.4, -0.2) is 92.2 Å². The summed E-state index contributed by atoms with van der Waals surface area (Å²) in [6.07, 6.45) is -2.10. The van der Waals surface area contributed by atoms with Crippen LogP contribution in [0, 0.1) is 27.0 Å². The molecule has 310 valence electrons. The number of nitrogens with zero attached hydrogens (tertiary/aromatic N) is 5. The van der Waals surface area contributed by atoms with Crippen molar-refractivity contribution in [3.63, 3.8) is 0 Å². The van der Waals surface area contributed by atoms with E-state index >= 15 is 0 Å². The molecular weight excluding hydrogens is 772 g/mol. The first-order valence-electron chi connectivity index (χ1n) is 18.5. The number of rotatable bonds is 19. The van der Waals surface area contributed by atoms with Crippen LogP contribution in [0.4, 0.5) is 0 Å². The molecule has 4 heterocycles. The molecule has 0 spiro atoms. The number of phosphoric ester groups is 1. The minimum atomic E-state index is -4.61. The van der Waals surface area contributed by atoms with Crippen molar-refractivity contribution in [2.45, 2.75) is 136 Å². The van der Waals surface area contributed by atoms with Crippen LogP contribution in [0.25, 0.3) is 9.69 Å². The maximum Gasteiger partial charge on any atom is 0.476 e. The number of nitrogens with one attached hydrogen (secondary N) is 2.